The lowest BCUT2D eigenvalue weighted by Crippen LogP contribution is -2.04. The summed E-state index contributed by atoms with van der Waals surface area (Å²) >= 11 is 0. The third-order valence-electron chi connectivity index (χ3n) is 1.75. The quantitative estimate of drug-likeness (QED) is 0.811. The van der Waals surface area contributed by atoms with Gasteiger partial charge in [0.25, 0.3) is 0 Å². The molecule has 6 heteroatoms. The summed E-state index contributed by atoms with van der Waals surface area (Å²) in [4.78, 5) is 10.5. The number of aliphatic carboxylic acids is 1. The van der Waals surface area contributed by atoms with Crippen molar-refractivity contribution in [3.63, 3.8) is 0 Å². The van der Waals surface area contributed by atoms with Crippen molar-refractivity contribution in [1.82, 2.24) is 0 Å². The van der Waals surface area contributed by atoms with Gasteiger partial charge in [0, 0.05) is 11.6 Å². The van der Waals surface area contributed by atoms with Gasteiger partial charge in [0.05, 0.1) is 5.57 Å². The fourth-order valence-corrected chi connectivity index (χ4v) is 1.03. The third kappa shape index (κ3) is 2.75. The van der Waals surface area contributed by atoms with Gasteiger partial charge < -0.3 is 9.84 Å². The maximum absolute atomic E-state index is 13.3. The SMILES string of the molecule is C=C(C(=O)O)c1ccc(OC(F)F)cc1F. The third-order valence-corrected chi connectivity index (χ3v) is 1.75. The molecule has 0 aliphatic rings. The van der Waals surface area contributed by atoms with Crippen molar-refractivity contribution in [1.29, 1.82) is 0 Å². The number of carboxylic acids is 1. The maximum atomic E-state index is 13.3. The Morgan fingerprint density at radius 3 is 2.50 bits per heavy atom. The molecular formula is C10H7F3O3. The molecule has 0 heterocycles. The van der Waals surface area contributed by atoms with E-state index in [4.69, 9.17) is 5.11 Å². The number of ether oxygens (including phenoxy) is 1. The minimum absolute atomic E-state index is 0.269. The van der Waals surface area contributed by atoms with Gasteiger partial charge in [-0.3, -0.25) is 0 Å². The zero-order chi connectivity index (χ0) is 12.3. The molecule has 3 nitrogen and oxygen atoms in total. The normalized spacial score (nSPS) is 10.2. The summed E-state index contributed by atoms with van der Waals surface area (Å²) in [5.74, 6) is -2.75. The smallest absolute Gasteiger partial charge is 0.387 e. The predicted octanol–water partition coefficient (Wildman–Crippen LogP) is 2.52. The summed E-state index contributed by atoms with van der Waals surface area (Å²) in [5, 5.41) is 8.56. The minimum atomic E-state index is -3.06. The van der Waals surface area contributed by atoms with Crippen LogP contribution < -0.4 is 4.74 Å². The Hall–Kier alpha value is -1.98. The summed E-state index contributed by atoms with van der Waals surface area (Å²) in [6.45, 7) is 0.0853. The Morgan fingerprint density at radius 1 is 1.44 bits per heavy atom. The monoisotopic (exact) mass is 232 g/mol. The average Bonchev–Trinajstić information content (AvgIpc) is 2.15. The van der Waals surface area contributed by atoms with Crippen molar-refractivity contribution in [2.24, 2.45) is 0 Å². The molecule has 1 N–H and O–H groups in total. The summed E-state index contributed by atoms with van der Waals surface area (Å²) in [5.41, 5.74) is -0.727. The van der Waals surface area contributed by atoms with E-state index in [1.54, 1.807) is 0 Å². The first-order chi connectivity index (χ1) is 7.41. The van der Waals surface area contributed by atoms with Crippen LogP contribution in [0.1, 0.15) is 5.56 Å². The molecule has 0 fully saturated rings. The topological polar surface area (TPSA) is 46.5 Å². The van der Waals surface area contributed by atoms with Gasteiger partial charge in [0.15, 0.2) is 0 Å². The van der Waals surface area contributed by atoms with E-state index in [0.717, 1.165) is 12.1 Å². The molecule has 0 aliphatic carbocycles. The van der Waals surface area contributed by atoms with E-state index < -0.39 is 24.0 Å². The van der Waals surface area contributed by atoms with Crippen LogP contribution in [-0.4, -0.2) is 17.7 Å². The number of alkyl halides is 2. The van der Waals surface area contributed by atoms with Crippen molar-refractivity contribution < 1.29 is 27.8 Å². The molecule has 0 bridgehead atoms. The second-order valence-corrected chi connectivity index (χ2v) is 2.80. The molecule has 0 saturated carbocycles. The standard InChI is InChI=1S/C10H7F3O3/c1-5(9(14)15)7-3-2-6(4-8(7)11)16-10(12)13/h2-4,10H,1H2,(H,14,15). The molecule has 0 atom stereocenters. The van der Waals surface area contributed by atoms with Gasteiger partial charge in [-0.2, -0.15) is 8.78 Å². The molecule has 1 aromatic rings. The van der Waals surface area contributed by atoms with Crippen molar-refractivity contribution in [3.05, 3.63) is 36.2 Å². The van der Waals surface area contributed by atoms with E-state index in [9.17, 15) is 18.0 Å². The van der Waals surface area contributed by atoms with Gasteiger partial charge in [-0.05, 0) is 12.1 Å². The molecular weight excluding hydrogens is 225 g/mol. The van der Waals surface area contributed by atoms with Crippen molar-refractivity contribution in [3.8, 4) is 5.75 Å². The summed E-state index contributed by atoms with van der Waals surface area (Å²) < 4.78 is 40.8. The molecule has 1 rings (SSSR count). The fourth-order valence-electron chi connectivity index (χ4n) is 1.03. The highest BCUT2D eigenvalue weighted by Gasteiger charge is 2.14. The highest BCUT2D eigenvalue weighted by molar-refractivity contribution is 6.14. The van der Waals surface area contributed by atoms with Crippen LogP contribution in [0.3, 0.4) is 0 Å². The first-order valence-corrected chi connectivity index (χ1v) is 4.08. The molecule has 0 radical (unpaired) electrons. The summed E-state index contributed by atoms with van der Waals surface area (Å²) in [6, 6.07) is 2.73. The van der Waals surface area contributed by atoms with E-state index in [1.807, 2.05) is 0 Å². The van der Waals surface area contributed by atoms with Crippen LogP contribution in [0.4, 0.5) is 13.2 Å². The average molecular weight is 232 g/mol. The summed E-state index contributed by atoms with van der Waals surface area (Å²) in [7, 11) is 0. The highest BCUT2D eigenvalue weighted by atomic mass is 19.3. The van der Waals surface area contributed by atoms with E-state index in [2.05, 4.69) is 11.3 Å². The Morgan fingerprint density at radius 2 is 2.06 bits per heavy atom. The van der Waals surface area contributed by atoms with E-state index >= 15 is 0 Å². The van der Waals surface area contributed by atoms with Gasteiger partial charge >= 0.3 is 12.6 Å². The second kappa shape index (κ2) is 4.69. The molecule has 0 unspecified atom stereocenters. The first kappa shape index (κ1) is 12.1. The molecule has 0 amide bonds. The van der Waals surface area contributed by atoms with Gasteiger partial charge in [-0.1, -0.05) is 6.58 Å². The molecule has 86 valence electrons. The van der Waals surface area contributed by atoms with Crippen molar-refractivity contribution >= 4 is 11.5 Å². The van der Waals surface area contributed by atoms with Crippen LogP contribution in [0.15, 0.2) is 24.8 Å². The predicted molar refractivity (Wildman–Crippen MR) is 49.7 cm³/mol. The molecule has 16 heavy (non-hydrogen) atoms. The zero-order valence-corrected chi connectivity index (χ0v) is 7.91. The number of benzene rings is 1. The van der Waals surface area contributed by atoms with Crippen LogP contribution in [0.2, 0.25) is 0 Å². The number of carbonyl (C=O) groups is 1. The zero-order valence-electron chi connectivity index (χ0n) is 7.91. The van der Waals surface area contributed by atoms with Crippen LogP contribution in [0.25, 0.3) is 5.57 Å². The molecule has 1 aromatic carbocycles. The number of hydrogen-bond acceptors (Lipinski definition) is 2. The van der Waals surface area contributed by atoms with Crippen molar-refractivity contribution in [2.45, 2.75) is 6.61 Å². The Balaban J connectivity index is 3.00. The van der Waals surface area contributed by atoms with E-state index in [-0.39, 0.29) is 11.3 Å². The number of halogens is 3. The number of hydrogen-bond donors (Lipinski definition) is 1. The largest absolute Gasteiger partial charge is 0.478 e. The van der Waals surface area contributed by atoms with Gasteiger partial charge in [0.2, 0.25) is 0 Å². The van der Waals surface area contributed by atoms with E-state index in [0.29, 0.717) is 6.07 Å². The number of carboxylic acid groups (broad SMARTS) is 1. The Kier molecular flexibility index (Phi) is 3.55. The number of rotatable bonds is 4. The molecule has 0 aliphatic heterocycles. The minimum Gasteiger partial charge on any atom is -0.478 e. The highest BCUT2D eigenvalue weighted by Crippen LogP contribution is 2.23. The van der Waals surface area contributed by atoms with Crippen LogP contribution in [0, 0.1) is 5.82 Å². The summed E-state index contributed by atoms with van der Waals surface area (Å²) in [6.07, 6.45) is 0. The van der Waals surface area contributed by atoms with Gasteiger partial charge in [0.1, 0.15) is 11.6 Å². The Labute approximate surface area is 88.8 Å². The Bertz CT molecular complexity index is 429. The van der Waals surface area contributed by atoms with Gasteiger partial charge in [-0.15, -0.1) is 0 Å². The van der Waals surface area contributed by atoms with Gasteiger partial charge in [-0.25, -0.2) is 9.18 Å². The lowest BCUT2D eigenvalue weighted by atomic mass is 10.1. The van der Waals surface area contributed by atoms with Crippen LogP contribution in [0.5, 0.6) is 5.75 Å². The van der Waals surface area contributed by atoms with Crippen LogP contribution in [-0.2, 0) is 4.79 Å². The molecule has 0 saturated heterocycles. The van der Waals surface area contributed by atoms with E-state index in [1.165, 1.54) is 0 Å². The fraction of sp³-hybridized carbons (Fsp3) is 0.100. The van der Waals surface area contributed by atoms with Crippen LogP contribution >= 0.6 is 0 Å². The molecule has 0 aromatic heterocycles. The maximum Gasteiger partial charge on any atom is 0.387 e. The van der Waals surface area contributed by atoms with Crippen molar-refractivity contribution in [2.75, 3.05) is 0 Å². The first-order valence-electron chi connectivity index (χ1n) is 4.08. The second-order valence-electron chi connectivity index (χ2n) is 2.80. The molecule has 0 spiro atoms. The lowest BCUT2D eigenvalue weighted by molar-refractivity contribution is -0.130. The lowest BCUT2D eigenvalue weighted by Gasteiger charge is -2.07.